The van der Waals surface area contributed by atoms with Crippen molar-refractivity contribution in [3.63, 3.8) is 0 Å². The van der Waals surface area contributed by atoms with E-state index in [1.54, 1.807) is 45.6 Å². The molecule has 0 spiro atoms. The van der Waals surface area contributed by atoms with Gasteiger partial charge in [0.25, 0.3) is 5.91 Å². The number of nitrogens with one attached hydrogen (secondary N) is 1. The van der Waals surface area contributed by atoms with Crippen LogP contribution >= 0.6 is 0 Å². The molecule has 24 heavy (non-hydrogen) atoms. The van der Waals surface area contributed by atoms with Gasteiger partial charge >= 0.3 is 6.09 Å². The molecule has 2 N–H and O–H groups in total. The van der Waals surface area contributed by atoms with E-state index in [4.69, 9.17) is 4.74 Å². The number of ether oxygens (including phenoxy) is 1. The number of aromatic nitrogens is 2. The first kappa shape index (κ1) is 18.3. The summed E-state index contributed by atoms with van der Waals surface area (Å²) in [7, 11) is 3.32. The van der Waals surface area contributed by atoms with Gasteiger partial charge in [-0.15, -0.1) is 0 Å². The number of hydrogen-bond acceptors (Lipinski definition) is 5. The van der Waals surface area contributed by atoms with Gasteiger partial charge in [0.2, 0.25) is 0 Å². The van der Waals surface area contributed by atoms with Crippen molar-refractivity contribution in [3.05, 3.63) is 17.5 Å². The highest BCUT2D eigenvalue weighted by Gasteiger charge is 2.32. The van der Waals surface area contributed by atoms with Crippen LogP contribution in [0.3, 0.4) is 0 Å². The van der Waals surface area contributed by atoms with Gasteiger partial charge in [0, 0.05) is 14.1 Å². The van der Waals surface area contributed by atoms with Gasteiger partial charge in [0.1, 0.15) is 5.60 Å². The first-order chi connectivity index (χ1) is 11.1. The van der Waals surface area contributed by atoms with Gasteiger partial charge in [-0.05, 0) is 39.7 Å². The normalized spacial score (nSPS) is 20.2. The summed E-state index contributed by atoms with van der Waals surface area (Å²) in [5.41, 5.74) is 0.458. The number of carbonyl (C=O) groups excluding carboxylic acids is 2. The van der Waals surface area contributed by atoms with Gasteiger partial charge in [-0.2, -0.15) is 5.10 Å². The highest BCUT2D eigenvalue weighted by Crippen LogP contribution is 2.33. The number of nitrogens with zero attached hydrogens (tertiary/aromatic N) is 3. The van der Waals surface area contributed by atoms with Crippen LogP contribution in [0.15, 0.2) is 6.07 Å². The van der Waals surface area contributed by atoms with E-state index in [-0.39, 0.29) is 24.6 Å². The van der Waals surface area contributed by atoms with E-state index in [9.17, 15) is 14.7 Å². The number of amides is 2. The van der Waals surface area contributed by atoms with Crippen LogP contribution in [0.4, 0.5) is 4.79 Å². The predicted octanol–water partition coefficient (Wildman–Crippen LogP) is 1.31. The lowest BCUT2D eigenvalue weighted by Crippen LogP contribution is -2.35. The average Bonchev–Trinajstić information content (AvgIpc) is 2.82. The van der Waals surface area contributed by atoms with Crippen LogP contribution in [0.2, 0.25) is 0 Å². The van der Waals surface area contributed by atoms with Crippen LogP contribution in [-0.4, -0.2) is 57.6 Å². The predicted molar refractivity (Wildman–Crippen MR) is 87.6 cm³/mol. The number of aliphatic hydroxyl groups is 1. The molecule has 0 aliphatic heterocycles. The molecular weight excluding hydrogens is 312 g/mol. The quantitative estimate of drug-likeness (QED) is 0.863. The second-order valence-corrected chi connectivity index (χ2v) is 7.30. The minimum absolute atomic E-state index is 0.0409. The minimum Gasteiger partial charge on any atom is -0.444 e. The van der Waals surface area contributed by atoms with Gasteiger partial charge in [-0.25, -0.2) is 4.79 Å². The maximum absolute atomic E-state index is 12.1. The second-order valence-electron chi connectivity index (χ2n) is 7.30. The van der Waals surface area contributed by atoms with Crippen LogP contribution in [-0.2, 0) is 11.3 Å². The SMILES string of the molecule is CN(C)C(=O)c1cc(CNC(=O)OC(C)(C)C)n(C2CC(O)C2)n1. The fourth-order valence-corrected chi connectivity index (χ4v) is 2.45. The first-order valence-corrected chi connectivity index (χ1v) is 8.02. The molecule has 1 aliphatic rings. The fourth-order valence-electron chi connectivity index (χ4n) is 2.45. The Hall–Kier alpha value is -2.09. The molecular formula is C16H26N4O4. The van der Waals surface area contributed by atoms with Crippen LogP contribution in [0.1, 0.15) is 55.8 Å². The third-order valence-electron chi connectivity index (χ3n) is 3.69. The Morgan fingerprint density at radius 3 is 2.54 bits per heavy atom. The fraction of sp³-hybridized carbons (Fsp3) is 0.688. The molecule has 1 heterocycles. The van der Waals surface area contributed by atoms with Crippen LogP contribution in [0.25, 0.3) is 0 Å². The highest BCUT2D eigenvalue weighted by atomic mass is 16.6. The Balaban J connectivity index is 2.11. The maximum Gasteiger partial charge on any atom is 0.407 e. The zero-order valence-corrected chi connectivity index (χ0v) is 14.9. The summed E-state index contributed by atoms with van der Waals surface area (Å²) in [6, 6.07) is 1.71. The molecule has 2 rings (SSSR count). The molecule has 0 unspecified atom stereocenters. The zero-order valence-electron chi connectivity index (χ0n) is 14.9. The minimum atomic E-state index is -0.575. The molecule has 8 nitrogen and oxygen atoms in total. The van der Waals surface area contributed by atoms with Crippen molar-refractivity contribution in [1.29, 1.82) is 0 Å². The summed E-state index contributed by atoms with van der Waals surface area (Å²) in [5, 5.41) is 16.6. The van der Waals surface area contributed by atoms with Crippen molar-refractivity contribution in [2.24, 2.45) is 0 Å². The van der Waals surface area contributed by atoms with Crippen molar-refractivity contribution >= 4 is 12.0 Å². The summed E-state index contributed by atoms with van der Waals surface area (Å²) >= 11 is 0. The summed E-state index contributed by atoms with van der Waals surface area (Å²) in [5.74, 6) is -0.202. The smallest absolute Gasteiger partial charge is 0.407 e. The third kappa shape index (κ3) is 4.47. The largest absolute Gasteiger partial charge is 0.444 e. The summed E-state index contributed by atoms with van der Waals surface area (Å²) in [4.78, 5) is 25.4. The van der Waals surface area contributed by atoms with E-state index in [1.165, 1.54) is 4.90 Å². The van der Waals surface area contributed by atoms with Gasteiger partial charge in [-0.1, -0.05) is 0 Å². The van der Waals surface area contributed by atoms with Crippen molar-refractivity contribution in [2.75, 3.05) is 14.1 Å². The molecule has 1 aromatic rings. The molecule has 2 amide bonds. The van der Waals surface area contributed by atoms with E-state index in [0.29, 0.717) is 24.2 Å². The summed E-state index contributed by atoms with van der Waals surface area (Å²) in [6.07, 6.45) is 0.330. The topological polar surface area (TPSA) is 96.7 Å². The lowest BCUT2D eigenvalue weighted by Gasteiger charge is -2.32. The standard InChI is InChI=1S/C16H26N4O4/c1-16(2,3)24-15(23)17-9-11-8-13(14(22)19(4)5)18-20(11)10-6-12(21)7-10/h8,10,12,21H,6-7,9H2,1-5H3,(H,17,23). The Labute approximate surface area is 141 Å². The number of alkyl carbamates (subject to hydrolysis) is 1. The summed E-state index contributed by atoms with van der Waals surface area (Å²) in [6.45, 7) is 5.58. The maximum atomic E-state index is 12.1. The molecule has 0 aromatic carbocycles. The van der Waals surface area contributed by atoms with Crippen LogP contribution in [0, 0.1) is 0 Å². The van der Waals surface area contributed by atoms with Crippen molar-refractivity contribution in [1.82, 2.24) is 20.0 Å². The number of carbonyl (C=O) groups is 2. The number of aliphatic hydroxyl groups excluding tert-OH is 1. The molecule has 0 radical (unpaired) electrons. The molecule has 1 aromatic heterocycles. The number of hydrogen-bond donors (Lipinski definition) is 2. The van der Waals surface area contributed by atoms with Crippen LogP contribution < -0.4 is 5.32 Å². The summed E-state index contributed by atoms with van der Waals surface area (Å²) < 4.78 is 6.94. The highest BCUT2D eigenvalue weighted by molar-refractivity contribution is 5.92. The molecule has 0 atom stereocenters. The van der Waals surface area contributed by atoms with Crippen molar-refractivity contribution in [3.8, 4) is 0 Å². The van der Waals surface area contributed by atoms with Gasteiger partial charge < -0.3 is 20.1 Å². The molecule has 134 valence electrons. The van der Waals surface area contributed by atoms with Crippen LogP contribution in [0.5, 0.6) is 0 Å². The van der Waals surface area contributed by atoms with E-state index >= 15 is 0 Å². The molecule has 0 saturated heterocycles. The van der Waals surface area contributed by atoms with Crippen molar-refractivity contribution in [2.45, 2.75) is 57.9 Å². The molecule has 8 heteroatoms. The first-order valence-electron chi connectivity index (χ1n) is 8.02. The lowest BCUT2D eigenvalue weighted by atomic mass is 9.89. The van der Waals surface area contributed by atoms with Crippen molar-refractivity contribution < 1.29 is 19.4 Å². The van der Waals surface area contributed by atoms with E-state index in [1.807, 2.05) is 0 Å². The molecule has 1 saturated carbocycles. The van der Waals surface area contributed by atoms with Gasteiger partial charge in [0.05, 0.1) is 24.4 Å². The van der Waals surface area contributed by atoms with E-state index in [2.05, 4.69) is 10.4 Å². The average molecular weight is 338 g/mol. The molecule has 1 fully saturated rings. The second kappa shape index (κ2) is 6.80. The van der Waals surface area contributed by atoms with Gasteiger partial charge in [-0.3, -0.25) is 9.48 Å². The Kier molecular flexibility index (Phi) is 5.17. The Bertz CT molecular complexity index is 612. The monoisotopic (exact) mass is 338 g/mol. The lowest BCUT2D eigenvalue weighted by molar-refractivity contribution is 0.0405. The number of rotatable bonds is 4. The van der Waals surface area contributed by atoms with E-state index < -0.39 is 11.7 Å². The van der Waals surface area contributed by atoms with E-state index in [0.717, 1.165) is 0 Å². The zero-order chi connectivity index (χ0) is 18.1. The Morgan fingerprint density at radius 1 is 1.42 bits per heavy atom. The Morgan fingerprint density at radius 2 is 2.04 bits per heavy atom. The molecule has 0 bridgehead atoms. The van der Waals surface area contributed by atoms with Gasteiger partial charge in [0.15, 0.2) is 5.69 Å². The molecule has 1 aliphatic carbocycles. The third-order valence-corrected chi connectivity index (χ3v) is 3.69.